The van der Waals surface area contributed by atoms with Gasteiger partial charge in [0.05, 0.1) is 13.2 Å². The molecule has 0 unspecified atom stereocenters. The van der Waals surface area contributed by atoms with E-state index in [1.54, 1.807) is 18.9 Å². The molecule has 0 radical (unpaired) electrons. The van der Waals surface area contributed by atoms with Gasteiger partial charge in [0.1, 0.15) is 18.1 Å². The van der Waals surface area contributed by atoms with E-state index in [1.165, 1.54) is 7.11 Å². The topological polar surface area (TPSA) is 117 Å². The fourth-order valence-corrected chi connectivity index (χ4v) is 6.29. The first-order valence-electron chi connectivity index (χ1n) is 15.1. The van der Waals surface area contributed by atoms with E-state index < -0.39 is 42.0 Å². The van der Waals surface area contributed by atoms with E-state index in [4.69, 9.17) is 4.74 Å². The molecule has 2 aliphatic rings. The van der Waals surface area contributed by atoms with E-state index in [-0.39, 0.29) is 17.7 Å². The number of benzene rings is 2. The van der Waals surface area contributed by atoms with Gasteiger partial charge in [-0.1, -0.05) is 79.9 Å². The van der Waals surface area contributed by atoms with Gasteiger partial charge in [-0.25, -0.2) is 4.79 Å². The van der Waals surface area contributed by atoms with Crippen molar-refractivity contribution in [3.05, 3.63) is 71.8 Å². The standard InChI is InChI=1S/C33H44N4O5/c1-22(34-2)30(38)35-28(25-18-11-6-12-19-25)32(40)37-21-13-20-26(37)31(39)36-29(33(41)42-3)27(23-14-7-4-8-15-23)24-16-9-5-10-17-24/h4-5,7-10,14-17,22,25-29,34H,6,11-13,18-21H2,1-3H3,(H,35,38)(H,36,39)/t22-,26-,28-,29-/m0/s1. The molecule has 0 aromatic heterocycles. The van der Waals surface area contributed by atoms with Crippen LogP contribution >= 0.6 is 0 Å². The number of nitrogens with one attached hydrogen (secondary N) is 3. The summed E-state index contributed by atoms with van der Waals surface area (Å²) in [5, 5.41) is 8.92. The Kier molecular flexibility index (Phi) is 11.1. The van der Waals surface area contributed by atoms with Crippen LogP contribution in [0.1, 0.15) is 68.9 Å². The van der Waals surface area contributed by atoms with Gasteiger partial charge in [-0.2, -0.15) is 0 Å². The SMILES string of the molecule is CN[C@@H](C)C(=O)N[C@H](C(=O)N1CCC[C@H]1C(=O)N[C@H](C(=O)OC)C(c1ccccc1)c1ccccc1)C1CCCCC1. The smallest absolute Gasteiger partial charge is 0.329 e. The van der Waals surface area contributed by atoms with Crippen molar-refractivity contribution in [2.75, 3.05) is 20.7 Å². The maximum absolute atomic E-state index is 14.1. The number of ether oxygens (including phenoxy) is 1. The number of likely N-dealkylation sites (N-methyl/N-ethyl adjacent to an activating group) is 1. The largest absolute Gasteiger partial charge is 0.467 e. The van der Waals surface area contributed by atoms with Gasteiger partial charge in [0.2, 0.25) is 17.7 Å². The van der Waals surface area contributed by atoms with Crippen LogP contribution in [0.3, 0.4) is 0 Å². The number of methoxy groups -OCH3 is 1. The highest BCUT2D eigenvalue weighted by Gasteiger charge is 2.43. The number of rotatable bonds is 11. The Balaban J connectivity index is 1.59. The van der Waals surface area contributed by atoms with Crippen molar-refractivity contribution in [2.45, 2.75) is 82.0 Å². The van der Waals surface area contributed by atoms with Crippen molar-refractivity contribution in [3.8, 4) is 0 Å². The van der Waals surface area contributed by atoms with E-state index in [1.807, 2.05) is 60.7 Å². The molecule has 9 heteroatoms. The fraction of sp³-hybridized carbons (Fsp3) is 0.515. The first-order chi connectivity index (χ1) is 20.3. The molecule has 3 N–H and O–H groups in total. The lowest BCUT2D eigenvalue weighted by Gasteiger charge is -2.35. The number of esters is 1. The number of carbonyl (C=O) groups excluding carboxylic acids is 4. The lowest BCUT2D eigenvalue weighted by molar-refractivity contribution is -0.147. The Morgan fingerprint density at radius 3 is 1.98 bits per heavy atom. The molecule has 2 aromatic rings. The molecule has 1 saturated carbocycles. The fourth-order valence-electron chi connectivity index (χ4n) is 6.29. The van der Waals surface area contributed by atoms with Crippen molar-refractivity contribution in [1.82, 2.24) is 20.9 Å². The van der Waals surface area contributed by atoms with Gasteiger partial charge < -0.3 is 25.6 Å². The molecule has 1 heterocycles. The van der Waals surface area contributed by atoms with Crippen molar-refractivity contribution in [3.63, 3.8) is 0 Å². The third-order valence-electron chi connectivity index (χ3n) is 8.75. The predicted molar refractivity (Wildman–Crippen MR) is 160 cm³/mol. The zero-order valence-electron chi connectivity index (χ0n) is 24.9. The molecule has 4 rings (SSSR count). The van der Waals surface area contributed by atoms with E-state index in [2.05, 4.69) is 16.0 Å². The highest BCUT2D eigenvalue weighted by Crippen LogP contribution is 2.31. The summed E-state index contributed by atoms with van der Waals surface area (Å²) in [6.07, 6.45) is 5.99. The zero-order chi connectivity index (χ0) is 30.1. The molecule has 1 aliphatic carbocycles. The monoisotopic (exact) mass is 576 g/mol. The third-order valence-corrected chi connectivity index (χ3v) is 8.75. The maximum atomic E-state index is 14.1. The highest BCUT2D eigenvalue weighted by atomic mass is 16.5. The minimum absolute atomic E-state index is 0.0203. The van der Waals surface area contributed by atoms with E-state index in [0.29, 0.717) is 19.4 Å². The van der Waals surface area contributed by atoms with Crippen molar-refractivity contribution in [1.29, 1.82) is 0 Å². The van der Waals surface area contributed by atoms with Crippen LogP contribution in [0.25, 0.3) is 0 Å². The van der Waals surface area contributed by atoms with Crippen LogP contribution in [-0.2, 0) is 23.9 Å². The van der Waals surface area contributed by atoms with Crippen LogP contribution in [0, 0.1) is 5.92 Å². The van der Waals surface area contributed by atoms with E-state index >= 15 is 0 Å². The number of likely N-dealkylation sites (tertiary alicyclic amines) is 1. The first-order valence-corrected chi connectivity index (χ1v) is 15.1. The summed E-state index contributed by atoms with van der Waals surface area (Å²) in [5.74, 6) is -1.90. The summed E-state index contributed by atoms with van der Waals surface area (Å²) in [6, 6.07) is 16.2. The van der Waals surface area contributed by atoms with Gasteiger partial charge in [0.15, 0.2) is 0 Å². The summed E-state index contributed by atoms with van der Waals surface area (Å²) in [7, 11) is 3.02. The summed E-state index contributed by atoms with van der Waals surface area (Å²) in [6.45, 7) is 2.17. The van der Waals surface area contributed by atoms with E-state index in [0.717, 1.165) is 43.2 Å². The zero-order valence-corrected chi connectivity index (χ0v) is 24.9. The Bertz CT molecular complexity index is 1160. The molecule has 226 valence electrons. The van der Waals surface area contributed by atoms with Crippen molar-refractivity contribution in [2.24, 2.45) is 5.92 Å². The summed E-state index contributed by atoms with van der Waals surface area (Å²) < 4.78 is 5.18. The second kappa shape index (κ2) is 15.0. The maximum Gasteiger partial charge on any atom is 0.329 e. The second-order valence-corrected chi connectivity index (χ2v) is 11.4. The number of carbonyl (C=O) groups is 4. The number of hydrogen-bond donors (Lipinski definition) is 3. The number of amides is 3. The highest BCUT2D eigenvalue weighted by molar-refractivity contribution is 5.95. The van der Waals surface area contributed by atoms with Crippen LogP contribution in [-0.4, -0.2) is 73.5 Å². The summed E-state index contributed by atoms with van der Waals surface area (Å²) in [4.78, 5) is 55.7. The van der Waals surface area contributed by atoms with Crippen LogP contribution in [0.15, 0.2) is 60.7 Å². The van der Waals surface area contributed by atoms with Gasteiger partial charge in [0, 0.05) is 12.5 Å². The molecule has 1 aliphatic heterocycles. The average Bonchev–Trinajstić information content (AvgIpc) is 3.54. The molecular weight excluding hydrogens is 532 g/mol. The molecule has 42 heavy (non-hydrogen) atoms. The number of hydrogen-bond acceptors (Lipinski definition) is 6. The predicted octanol–water partition coefficient (Wildman–Crippen LogP) is 3.14. The summed E-state index contributed by atoms with van der Waals surface area (Å²) >= 11 is 0. The molecule has 1 saturated heterocycles. The van der Waals surface area contributed by atoms with Gasteiger partial charge in [-0.05, 0) is 56.7 Å². The Labute approximate surface area is 248 Å². The van der Waals surface area contributed by atoms with Crippen LogP contribution in [0.4, 0.5) is 0 Å². The Hall–Kier alpha value is -3.72. The third kappa shape index (κ3) is 7.37. The van der Waals surface area contributed by atoms with Gasteiger partial charge in [-0.15, -0.1) is 0 Å². The van der Waals surface area contributed by atoms with Crippen LogP contribution < -0.4 is 16.0 Å². The Morgan fingerprint density at radius 2 is 1.43 bits per heavy atom. The second-order valence-electron chi connectivity index (χ2n) is 11.4. The average molecular weight is 577 g/mol. The van der Waals surface area contributed by atoms with E-state index in [9.17, 15) is 19.2 Å². The molecule has 2 fully saturated rings. The molecule has 0 spiro atoms. The first kappa shape index (κ1) is 31.2. The molecule has 3 amide bonds. The lowest BCUT2D eigenvalue weighted by Crippen LogP contribution is -2.59. The minimum atomic E-state index is -1.00. The van der Waals surface area contributed by atoms with Gasteiger partial charge in [-0.3, -0.25) is 14.4 Å². The van der Waals surface area contributed by atoms with Crippen molar-refractivity contribution >= 4 is 23.7 Å². The van der Waals surface area contributed by atoms with Crippen molar-refractivity contribution < 1.29 is 23.9 Å². The minimum Gasteiger partial charge on any atom is -0.467 e. The van der Waals surface area contributed by atoms with Crippen LogP contribution in [0.2, 0.25) is 0 Å². The van der Waals surface area contributed by atoms with Crippen LogP contribution in [0.5, 0.6) is 0 Å². The quantitative estimate of drug-likeness (QED) is 0.354. The molecular formula is C33H44N4O5. The normalized spacial score (nSPS) is 19.5. The Morgan fingerprint density at radius 1 is 0.833 bits per heavy atom. The van der Waals surface area contributed by atoms with Gasteiger partial charge >= 0.3 is 5.97 Å². The molecule has 4 atom stereocenters. The lowest BCUT2D eigenvalue weighted by atomic mass is 9.83. The molecule has 2 aromatic carbocycles. The van der Waals surface area contributed by atoms with Gasteiger partial charge in [0.25, 0.3) is 0 Å². The number of nitrogens with zero attached hydrogens (tertiary/aromatic N) is 1. The molecule has 0 bridgehead atoms. The summed E-state index contributed by atoms with van der Waals surface area (Å²) in [5.41, 5.74) is 1.72. The molecule has 9 nitrogen and oxygen atoms in total.